The number of thioether (sulfide) groups is 1. The van der Waals surface area contributed by atoms with Crippen molar-refractivity contribution in [3.8, 4) is 11.3 Å². The predicted octanol–water partition coefficient (Wildman–Crippen LogP) is 4.08. The highest BCUT2D eigenvalue weighted by atomic mass is 32.2. The SMILES string of the molecule is Cc1c(-c2cnc(N)cc2C(F)(F)F)nc(N2CCOCC2)nc1N1C=CSC1(N)c1ccccc1. The highest BCUT2D eigenvalue weighted by molar-refractivity contribution is 8.03. The molecule has 0 saturated carbocycles. The minimum absolute atomic E-state index is 0.113. The van der Waals surface area contributed by atoms with Crippen molar-refractivity contribution in [3.05, 3.63) is 70.9 Å². The van der Waals surface area contributed by atoms with E-state index >= 15 is 0 Å². The molecule has 1 fully saturated rings. The van der Waals surface area contributed by atoms with E-state index in [1.807, 2.05) is 40.6 Å². The van der Waals surface area contributed by atoms with E-state index in [4.69, 9.17) is 21.2 Å². The number of alkyl halides is 3. The van der Waals surface area contributed by atoms with Gasteiger partial charge < -0.3 is 15.4 Å². The Balaban J connectivity index is 1.72. The van der Waals surface area contributed by atoms with Crippen molar-refractivity contribution in [2.24, 2.45) is 5.73 Å². The quantitative estimate of drug-likeness (QED) is 0.532. The third-order valence-corrected chi connectivity index (χ3v) is 7.17. The van der Waals surface area contributed by atoms with Gasteiger partial charge in [0.15, 0.2) is 4.99 Å². The smallest absolute Gasteiger partial charge is 0.384 e. The molecule has 4 N–H and O–H groups in total. The van der Waals surface area contributed by atoms with Gasteiger partial charge in [0.2, 0.25) is 5.95 Å². The molecule has 1 unspecified atom stereocenters. The molecule has 188 valence electrons. The molecule has 1 saturated heterocycles. The summed E-state index contributed by atoms with van der Waals surface area (Å²) in [5, 5.41) is 1.84. The maximum atomic E-state index is 14.0. The van der Waals surface area contributed by atoms with Gasteiger partial charge >= 0.3 is 6.18 Å². The summed E-state index contributed by atoms with van der Waals surface area (Å²) in [7, 11) is 0. The molecular formula is C24H24F3N7OS. The molecule has 2 aromatic heterocycles. The van der Waals surface area contributed by atoms with Crippen LogP contribution in [0.3, 0.4) is 0 Å². The first-order valence-electron chi connectivity index (χ1n) is 11.2. The number of anilines is 3. The van der Waals surface area contributed by atoms with Gasteiger partial charge in [0.05, 0.1) is 24.5 Å². The van der Waals surface area contributed by atoms with Crippen molar-refractivity contribution in [1.29, 1.82) is 0 Å². The summed E-state index contributed by atoms with van der Waals surface area (Å²) in [4.78, 5) is 16.0. The van der Waals surface area contributed by atoms with Crippen LogP contribution in [0.15, 0.2) is 54.2 Å². The number of rotatable bonds is 4. The molecule has 3 aromatic rings. The molecule has 0 spiro atoms. The van der Waals surface area contributed by atoms with Crippen LogP contribution in [-0.2, 0) is 15.9 Å². The zero-order chi connectivity index (χ0) is 25.5. The second-order valence-corrected chi connectivity index (χ2v) is 9.54. The predicted molar refractivity (Wildman–Crippen MR) is 134 cm³/mol. The van der Waals surface area contributed by atoms with Crippen LogP contribution in [0.4, 0.5) is 30.8 Å². The van der Waals surface area contributed by atoms with Gasteiger partial charge in [0.25, 0.3) is 0 Å². The Hall–Kier alpha value is -3.35. The average molecular weight is 516 g/mol. The molecule has 5 rings (SSSR count). The van der Waals surface area contributed by atoms with E-state index in [9.17, 15) is 13.2 Å². The average Bonchev–Trinajstić information content (AvgIpc) is 3.27. The van der Waals surface area contributed by atoms with Crippen LogP contribution in [0.25, 0.3) is 11.3 Å². The third-order valence-electron chi connectivity index (χ3n) is 6.12. The van der Waals surface area contributed by atoms with Gasteiger partial charge in [-0.15, -0.1) is 0 Å². The second kappa shape index (κ2) is 9.26. The lowest BCUT2D eigenvalue weighted by Gasteiger charge is -2.36. The molecule has 0 amide bonds. The lowest BCUT2D eigenvalue weighted by Crippen LogP contribution is -2.46. The van der Waals surface area contributed by atoms with Crippen LogP contribution in [0.5, 0.6) is 0 Å². The van der Waals surface area contributed by atoms with Crippen LogP contribution in [0.2, 0.25) is 0 Å². The first-order valence-corrected chi connectivity index (χ1v) is 12.1. The lowest BCUT2D eigenvalue weighted by molar-refractivity contribution is -0.137. The van der Waals surface area contributed by atoms with Crippen LogP contribution in [0, 0.1) is 6.92 Å². The van der Waals surface area contributed by atoms with E-state index in [1.54, 1.807) is 18.0 Å². The number of pyridine rings is 1. The number of nitrogens with zero attached hydrogens (tertiary/aromatic N) is 5. The molecule has 0 aliphatic carbocycles. The number of aromatic nitrogens is 3. The van der Waals surface area contributed by atoms with E-state index in [-0.39, 0.29) is 17.1 Å². The molecule has 0 radical (unpaired) electrons. The maximum Gasteiger partial charge on any atom is 0.417 e. The van der Waals surface area contributed by atoms with E-state index in [0.717, 1.165) is 17.8 Å². The summed E-state index contributed by atoms with van der Waals surface area (Å²) in [6.07, 6.45) is -1.76. The largest absolute Gasteiger partial charge is 0.417 e. The Bertz CT molecular complexity index is 1300. The molecule has 1 atom stereocenters. The zero-order valence-corrected chi connectivity index (χ0v) is 20.2. The number of halogens is 3. The van der Waals surface area contributed by atoms with Crippen molar-refractivity contribution in [2.75, 3.05) is 41.8 Å². The highest BCUT2D eigenvalue weighted by Gasteiger charge is 2.41. The Morgan fingerprint density at radius 1 is 1.11 bits per heavy atom. The molecule has 8 nitrogen and oxygen atoms in total. The van der Waals surface area contributed by atoms with Crippen LogP contribution in [-0.4, -0.2) is 41.3 Å². The van der Waals surface area contributed by atoms with E-state index in [1.165, 1.54) is 11.8 Å². The number of nitrogens with two attached hydrogens (primary N) is 2. The van der Waals surface area contributed by atoms with Gasteiger partial charge in [-0.05, 0) is 18.4 Å². The Morgan fingerprint density at radius 2 is 1.83 bits per heavy atom. The van der Waals surface area contributed by atoms with E-state index < -0.39 is 16.7 Å². The molecule has 2 aliphatic rings. The molecule has 12 heteroatoms. The van der Waals surface area contributed by atoms with E-state index in [0.29, 0.717) is 43.6 Å². The van der Waals surface area contributed by atoms with Gasteiger partial charge in [-0.3, -0.25) is 10.6 Å². The number of benzene rings is 1. The molecule has 36 heavy (non-hydrogen) atoms. The first kappa shape index (κ1) is 24.3. The van der Waals surface area contributed by atoms with Gasteiger partial charge in [-0.25, -0.2) is 9.97 Å². The molecule has 2 aliphatic heterocycles. The highest BCUT2D eigenvalue weighted by Crippen LogP contribution is 2.46. The number of hydrogen-bond donors (Lipinski definition) is 2. The summed E-state index contributed by atoms with van der Waals surface area (Å²) in [5.74, 6) is 0.467. The minimum Gasteiger partial charge on any atom is -0.384 e. The summed E-state index contributed by atoms with van der Waals surface area (Å²) in [6, 6.07) is 10.3. The normalized spacial score (nSPS) is 20.2. The minimum atomic E-state index is -4.66. The Kier molecular flexibility index (Phi) is 6.27. The Morgan fingerprint density at radius 3 is 2.53 bits per heavy atom. The van der Waals surface area contributed by atoms with Crippen molar-refractivity contribution in [2.45, 2.75) is 18.1 Å². The third kappa shape index (κ3) is 4.36. The summed E-state index contributed by atoms with van der Waals surface area (Å²) in [6.45, 7) is 3.62. The molecule has 1 aromatic carbocycles. The molecule has 4 heterocycles. The van der Waals surface area contributed by atoms with Crippen molar-refractivity contribution < 1.29 is 17.9 Å². The number of morpholine rings is 1. The zero-order valence-electron chi connectivity index (χ0n) is 19.4. The number of nitrogen functional groups attached to an aromatic ring is 1. The van der Waals surface area contributed by atoms with Crippen molar-refractivity contribution in [1.82, 2.24) is 15.0 Å². The van der Waals surface area contributed by atoms with Gasteiger partial charge in [-0.1, -0.05) is 42.1 Å². The van der Waals surface area contributed by atoms with Crippen LogP contribution < -0.4 is 21.3 Å². The Labute approximate surface area is 210 Å². The number of ether oxygens (including phenoxy) is 1. The van der Waals surface area contributed by atoms with Gasteiger partial charge in [0.1, 0.15) is 11.6 Å². The summed E-state index contributed by atoms with van der Waals surface area (Å²) < 4.78 is 47.6. The lowest BCUT2D eigenvalue weighted by atomic mass is 10.0. The van der Waals surface area contributed by atoms with Gasteiger partial charge in [0, 0.05) is 42.2 Å². The van der Waals surface area contributed by atoms with E-state index in [2.05, 4.69) is 9.97 Å². The standard InChI is InChI=1S/C24H24F3N7OS/c1-15-20(17-14-30-19(28)13-18(17)23(25,26)27)31-22(33-7-10-35-11-8-33)32-21(15)34-9-12-36-24(34,29)16-5-3-2-4-6-16/h2-6,9,12-14H,7-8,10-11,29H2,1H3,(H2,28,30). The maximum absolute atomic E-state index is 14.0. The van der Waals surface area contributed by atoms with Crippen LogP contribution in [0.1, 0.15) is 16.7 Å². The fraction of sp³-hybridized carbons (Fsp3) is 0.292. The van der Waals surface area contributed by atoms with Crippen molar-refractivity contribution >= 4 is 29.3 Å². The fourth-order valence-corrected chi connectivity index (χ4v) is 5.19. The summed E-state index contributed by atoms with van der Waals surface area (Å²) in [5.41, 5.74) is 12.8. The molecule has 0 bridgehead atoms. The number of hydrogen-bond acceptors (Lipinski definition) is 9. The monoisotopic (exact) mass is 515 g/mol. The second-order valence-electron chi connectivity index (χ2n) is 8.41. The topological polar surface area (TPSA) is 106 Å². The van der Waals surface area contributed by atoms with Gasteiger partial charge in [-0.2, -0.15) is 18.2 Å². The first-order chi connectivity index (χ1) is 17.2. The van der Waals surface area contributed by atoms with Crippen LogP contribution >= 0.6 is 11.8 Å². The summed E-state index contributed by atoms with van der Waals surface area (Å²) >= 11 is 1.38. The van der Waals surface area contributed by atoms with Crippen molar-refractivity contribution in [3.63, 3.8) is 0 Å². The molecular weight excluding hydrogens is 491 g/mol. The fourth-order valence-electron chi connectivity index (χ4n) is 4.26.